The Morgan fingerprint density at radius 1 is 0.369 bits per heavy atom. The van der Waals surface area contributed by atoms with Crippen molar-refractivity contribution in [3.8, 4) is 33.4 Å². The molecule has 1 heterocycles. The molecular formula is C63H43NS. The van der Waals surface area contributed by atoms with E-state index in [0.717, 1.165) is 17.1 Å². The van der Waals surface area contributed by atoms with E-state index >= 15 is 0 Å². The van der Waals surface area contributed by atoms with Crippen LogP contribution in [0.25, 0.3) is 53.6 Å². The summed E-state index contributed by atoms with van der Waals surface area (Å²) in [7, 11) is 0. The Hall–Kier alpha value is -7.78. The first kappa shape index (κ1) is 37.7. The van der Waals surface area contributed by atoms with Crippen molar-refractivity contribution in [2.45, 2.75) is 17.8 Å². The summed E-state index contributed by atoms with van der Waals surface area (Å²) in [6, 6.07) is 90.4. The third-order valence-corrected chi connectivity index (χ3v) is 15.6. The molecule has 0 radical (unpaired) electrons. The van der Waals surface area contributed by atoms with Gasteiger partial charge in [0.25, 0.3) is 0 Å². The molecule has 11 aromatic rings. The molecular weight excluding hydrogens is 803 g/mol. The first-order valence-corrected chi connectivity index (χ1v) is 23.4. The molecule has 0 saturated carbocycles. The van der Waals surface area contributed by atoms with Crippen LogP contribution in [0.3, 0.4) is 0 Å². The van der Waals surface area contributed by atoms with Crippen molar-refractivity contribution in [3.63, 3.8) is 0 Å². The van der Waals surface area contributed by atoms with Gasteiger partial charge < -0.3 is 4.90 Å². The van der Waals surface area contributed by atoms with E-state index in [4.69, 9.17) is 0 Å². The number of fused-ring (bicyclic) bond motifs is 9. The van der Waals surface area contributed by atoms with Crippen molar-refractivity contribution >= 4 is 48.6 Å². The van der Waals surface area contributed by atoms with Crippen molar-refractivity contribution < 1.29 is 0 Å². The molecule has 1 nitrogen and oxygen atoms in total. The zero-order chi connectivity index (χ0) is 43.1. The van der Waals surface area contributed by atoms with Gasteiger partial charge in [-0.05, 0) is 110 Å². The van der Waals surface area contributed by atoms with Crippen LogP contribution in [0.4, 0.5) is 17.1 Å². The summed E-state index contributed by atoms with van der Waals surface area (Å²) < 4.78 is 2.63. The normalized spacial score (nSPS) is 15.3. The number of anilines is 3. The van der Waals surface area contributed by atoms with Crippen molar-refractivity contribution in [3.05, 3.63) is 282 Å². The fourth-order valence-electron chi connectivity index (χ4n) is 11.6. The minimum atomic E-state index is -0.481. The third kappa shape index (κ3) is 5.45. The number of rotatable bonds is 7. The minimum absolute atomic E-state index is 0.338. The lowest BCUT2D eigenvalue weighted by atomic mass is 9.68. The first-order valence-electron chi connectivity index (χ1n) is 22.6. The van der Waals surface area contributed by atoms with Crippen LogP contribution in [0.1, 0.15) is 45.9 Å². The molecule has 10 aromatic carbocycles. The molecule has 306 valence electrons. The highest BCUT2D eigenvalue weighted by Gasteiger charge is 2.47. The van der Waals surface area contributed by atoms with Gasteiger partial charge in [-0.1, -0.05) is 206 Å². The highest BCUT2D eigenvalue weighted by atomic mass is 32.1. The predicted molar refractivity (Wildman–Crippen MR) is 274 cm³/mol. The van der Waals surface area contributed by atoms with Gasteiger partial charge >= 0.3 is 0 Å². The molecule has 0 aliphatic heterocycles. The lowest BCUT2D eigenvalue weighted by Gasteiger charge is -2.34. The second-order valence-corrected chi connectivity index (χ2v) is 18.7. The molecule has 0 bridgehead atoms. The molecule has 2 aliphatic rings. The molecule has 65 heavy (non-hydrogen) atoms. The molecule has 0 spiro atoms. The van der Waals surface area contributed by atoms with Gasteiger partial charge in [0.2, 0.25) is 0 Å². The van der Waals surface area contributed by atoms with Gasteiger partial charge in [-0.3, -0.25) is 0 Å². The van der Waals surface area contributed by atoms with Crippen LogP contribution in [0.5, 0.6) is 0 Å². The van der Waals surface area contributed by atoms with E-state index in [1.807, 2.05) is 11.3 Å². The van der Waals surface area contributed by atoms with E-state index in [2.05, 4.69) is 254 Å². The van der Waals surface area contributed by atoms with E-state index in [9.17, 15) is 0 Å². The van der Waals surface area contributed by atoms with Crippen molar-refractivity contribution in [1.82, 2.24) is 0 Å². The van der Waals surface area contributed by atoms with E-state index in [0.29, 0.717) is 0 Å². The molecule has 0 saturated heterocycles. The number of hydrogen-bond donors (Lipinski definition) is 0. The van der Waals surface area contributed by atoms with E-state index < -0.39 is 5.41 Å². The smallest absolute Gasteiger partial charge is 0.0713 e. The largest absolute Gasteiger partial charge is 0.310 e. The Balaban J connectivity index is 1.08. The minimum Gasteiger partial charge on any atom is -0.310 e. The average molecular weight is 846 g/mol. The van der Waals surface area contributed by atoms with Gasteiger partial charge in [0, 0.05) is 42.5 Å². The van der Waals surface area contributed by atoms with Gasteiger partial charge in [-0.15, -0.1) is 11.3 Å². The number of thiophene rings is 1. The number of nitrogens with zero attached hydrogens (tertiary/aromatic N) is 1. The highest BCUT2D eigenvalue weighted by Crippen LogP contribution is 2.60. The third-order valence-electron chi connectivity index (χ3n) is 14.4. The highest BCUT2D eigenvalue weighted by molar-refractivity contribution is 7.26. The van der Waals surface area contributed by atoms with Crippen molar-refractivity contribution in [1.29, 1.82) is 0 Å². The fourth-order valence-corrected chi connectivity index (χ4v) is 12.8. The van der Waals surface area contributed by atoms with Crippen LogP contribution in [0, 0.1) is 0 Å². The lowest BCUT2D eigenvalue weighted by Crippen LogP contribution is -2.28. The molecule has 0 N–H and O–H groups in total. The summed E-state index contributed by atoms with van der Waals surface area (Å²) in [4.78, 5) is 2.54. The van der Waals surface area contributed by atoms with E-state index in [1.54, 1.807) is 0 Å². The molecule has 1 atom stereocenters. The van der Waals surface area contributed by atoms with E-state index in [1.165, 1.54) is 92.5 Å². The molecule has 2 heteroatoms. The van der Waals surface area contributed by atoms with Gasteiger partial charge in [0.05, 0.1) is 11.1 Å². The second kappa shape index (κ2) is 14.6. The van der Waals surface area contributed by atoms with Gasteiger partial charge in [-0.2, -0.15) is 0 Å². The van der Waals surface area contributed by atoms with Gasteiger partial charge in [0.15, 0.2) is 0 Å². The first-order chi connectivity index (χ1) is 32.1. The summed E-state index contributed by atoms with van der Waals surface area (Å²) in [6.07, 6.45) is 0. The summed E-state index contributed by atoms with van der Waals surface area (Å²) >= 11 is 1.89. The van der Waals surface area contributed by atoms with Crippen LogP contribution in [-0.4, -0.2) is 0 Å². The Morgan fingerprint density at radius 2 is 0.923 bits per heavy atom. The summed E-state index contributed by atoms with van der Waals surface area (Å²) in [5.74, 6) is 0. The van der Waals surface area contributed by atoms with Gasteiger partial charge in [0.1, 0.15) is 0 Å². The van der Waals surface area contributed by atoms with Crippen molar-refractivity contribution in [2.75, 3.05) is 4.90 Å². The number of hydrogen-bond acceptors (Lipinski definition) is 2. The quantitative estimate of drug-likeness (QED) is 0.154. The maximum absolute atomic E-state index is 2.54. The number of benzene rings is 10. The maximum atomic E-state index is 2.54. The van der Waals surface area contributed by atoms with E-state index in [-0.39, 0.29) is 5.41 Å². The average Bonchev–Trinajstić information content (AvgIpc) is 4.00. The Labute approximate surface area is 384 Å². The van der Waals surface area contributed by atoms with Gasteiger partial charge in [-0.25, -0.2) is 0 Å². The van der Waals surface area contributed by atoms with Crippen LogP contribution >= 0.6 is 11.3 Å². The zero-order valence-corrected chi connectivity index (χ0v) is 36.8. The maximum Gasteiger partial charge on any atom is 0.0713 e. The zero-order valence-electron chi connectivity index (χ0n) is 35.9. The Morgan fingerprint density at radius 3 is 1.69 bits per heavy atom. The van der Waals surface area contributed by atoms with Crippen LogP contribution in [-0.2, 0) is 10.8 Å². The standard InChI is InChI=1S/C63H43NS/c1-62(43-21-5-2-6-22-43)54-33-14-12-30-52(54)60-57(62)35-19-36-58(60)64(46-27-17-20-42(40-46)48-31-18-32-51-50-29-13-16-37-59(50)65-61(48)51)47-38-39-56-53(41-47)49-28-11-15-34-55(49)63(56,44-23-7-3-8-24-44)45-25-9-4-10-26-45/h2-41H,1H3. The second-order valence-electron chi connectivity index (χ2n) is 17.7. The molecule has 0 fully saturated rings. The topological polar surface area (TPSA) is 3.24 Å². The molecule has 13 rings (SSSR count). The Bertz CT molecular complexity index is 3580. The predicted octanol–water partition coefficient (Wildman–Crippen LogP) is 16.9. The molecule has 1 aromatic heterocycles. The van der Waals surface area contributed by atoms with Crippen LogP contribution in [0.2, 0.25) is 0 Å². The fraction of sp³-hybridized carbons (Fsp3) is 0.0476. The molecule has 1 unspecified atom stereocenters. The Kier molecular flexibility index (Phi) is 8.50. The van der Waals surface area contributed by atoms with Crippen LogP contribution < -0.4 is 4.90 Å². The molecule has 2 aliphatic carbocycles. The molecule has 0 amide bonds. The monoisotopic (exact) mass is 845 g/mol. The summed E-state index contributed by atoms with van der Waals surface area (Å²) in [5.41, 5.74) is 19.2. The summed E-state index contributed by atoms with van der Waals surface area (Å²) in [5, 5.41) is 2.62. The SMILES string of the molecule is CC1(c2ccccc2)c2ccccc2-c2c(N(c3cccc(-c4cccc5c4sc4ccccc45)c3)c3ccc4c(c3)-c3ccccc3C4(c3ccccc3)c3ccccc3)cccc21. The lowest BCUT2D eigenvalue weighted by molar-refractivity contribution is 0.714. The van der Waals surface area contributed by atoms with Crippen LogP contribution in [0.15, 0.2) is 243 Å². The van der Waals surface area contributed by atoms with Crippen molar-refractivity contribution in [2.24, 2.45) is 0 Å². The summed E-state index contributed by atoms with van der Waals surface area (Å²) in [6.45, 7) is 2.41.